The zero-order chi connectivity index (χ0) is 13.9. The van der Waals surface area contributed by atoms with Crippen molar-refractivity contribution >= 4 is 27.5 Å². The van der Waals surface area contributed by atoms with Crippen LogP contribution in [-0.2, 0) is 12.8 Å². The minimum Gasteiger partial charge on any atom is -0.389 e. The molecular weight excluding hydrogens is 324 g/mol. The second-order valence-corrected chi connectivity index (χ2v) is 6.39. The molecule has 0 saturated carbocycles. The summed E-state index contributed by atoms with van der Waals surface area (Å²) in [6.07, 6.45) is 1.15. The van der Waals surface area contributed by atoms with E-state index >= 15 is 0 Å². The lowest BCUT2D eigenvalue weighted by Crippen LogP contribution is -2.30. The number of hydrogen-bond donors (Lipinski definition) is 1. The van der Waals surface area contributed by atoms with Crippen molar-refractivity contribution in [2.45, 2.75) is 25.4 Å². The molecule has 0 aromatic heterocycles. The van der Waals surface area contributed by atoms with E-state index in [1.807, 2.05) is 55.5 Å². The molecule has 0 aliphatic rings. The van der Waals surface area contributed by atoms with Crippen LogP contribution in [0.15, 0.2) is 53.0 Å². The normalized spacial score (nSPS) is 14.1. The first kappa shape index (κ1) is 14.6. The van der Waals surface area contributed by atoms with Gasteiger partial charge in [0.05, 0.1) is 5.60 Å². The molecule has 1 N–H and O–H groups in total. The van der Waals surface area contributed by atoms with Gasteiger partial charge in [0.1, 0.15) is 0 Å². The highest BCUT2D eigenvalue weighted by Gasteiger charge is 2.22. The molecule has 0 spiro atoms. The summed E-state index contributed by atoms with van der Waals surface area (Å²) in [4.78, 5) is 0. The van der Waals surface area contributed by atoms with E-state index in [1.165, 1.54) is 0 Å². The van der Waals surface area contributed by atoms with Crippen molar-refractivity contribution < 1.29 is 5.11 Å². The summed E-state index contributed by atoms with van der Waals surface area (Å²) in [5.41, 5.74) is 1.28. The second kappa shape index (κ2) is 6.08. The van der Waals surface area contributed by atoms with E-state index in [4.69, 9.17) is 11.6 Å². The number of aliphatic hydroxyl groups is 1. The maximum absolute atomic E-state index is 10.5. The Labute approximate surface area is 127 Å². The number of rotatable bonds is 4. The van der Waals surface area contributed by atoms with Crippen LogP contribution >= 0.6 is 27.5 Å². The Morgan fingerprint density at radius 2 is 1.79 bits per heavy atom. The summed E-state index contributed by atoms with van der Waals surface area (Å²) < 4.78 is 0.948. The molecule has 2 aromatic rings. The summed E-state index contributed by atoms with van der Waals surface area (Å²) in [6, 6.07) is 15.7. The molecule has 2 aromatic carbocycles. The van der Waals surface area contributed by atoms with E-state index in [9.17, 15) is 5.11 Å². The summed E-state index contributed by atoms with van der Waals surface area (Å²) in [6.45, 7) is 1.85. The van der Waals surface area contributed by atoms with Crippen LogP contribution in [-0.4, -0.2) is 10.7 Å². The van der Waals surface area contributed by atoms with Gasteiger partial charge in [-0.15, -0.1) is 0 Å². The minimum absolute atomic E-state index is 0.536. The maximum Gasteiger partial charge on any atom is 0.0700 e. The highest BCUT2D eigenvalue weighted by Crippen LogP contribution is 2.26. The van der Waals surface area contributed by atoms with Crippen molar-refractivity contribution in [1.82, 2.24) is 0 Å². The Balaban J connectivity index is 2.12. The Bertz CT molecular complexity index is 552. The average Bonchev–Trinajstić information content (AvgIpc) is 2.33. The first-order chi connectivity index (χ1) is 8.96. The molecule has 100 valence electrons. The van der Waals surface area contributed by atoms with E-state index in [0.717, 1.165) is 15.6 Å². The average molecular weight is 340 g/mol. The van der Waals surface area contributed by atoms with Gasteiger partial charge in [-0.3, -0.25) is 0 Å². The van der Waals surface area contributed by atoms with Crippen molar-refractivity contribution in [2.75, 3.05) is 0 Å². The van der Waals surface area contributed by atoms with E-state index in [-0.39, 0.29) is 0 Å². The van der Waals surface area contributed by atoms with Crippen molar-refractivity contribution in [3.63, 3.8) is 0 Å². The molecule has 0 amide bonds. The van der Waals surface area contributed by atoms with Gasteiger partial charge in [-0.1, -0.05) is 63.9 Å². The predicted octanol–water partition coefficient (Wildman–Crippen LogP) is 4.64. The van der Waals surface area contributed by atoms with Gasteiger partial charge in [-0.2, -0.15) is 0 Å². The molecule has 0 heterocycles. The third-order valence-electron chi connectivity index (χ3n) is 3.01. The highest BCUT2D eigenvalue weighted by atomic mass is 79.9. The van der Waals surface area contributed by atoms with E-state index in [0.29, 0.717) is 17.9 Å². The van der Waals surface area contributed by atoms with Crippen LogP contribution in [0.3, 0.4) is 0 Å². The van der Waals surface area contributed by atoms with Gasteiger partial charge in [0.2, 0.25) is 0 Å². The van der Waals surface area contributed by atoms with Crippen LogP contribution in [0.1, 0.15) is 18.1 Å². The van der Waals surface area contributed by atoms with Crippen LogP contribution in [0.2, 0.25) is 5.02 Å². The fraction of sp³-hybridized carbons (Fsp3) is 0.250. The predicted molar refractivity (Wildman–Crippen MR) is 83.6 cm³/mol. The summed E-state index contributed by atoms with van der Waals surface area (Å²) in [5, 5.41) is 11.2. The third-order valence-corrected chi connectivity index (χ3v) is 3.86. The van der Waals surface area contributed by atoms with Gasteiger partial charge < -0.3 is 5.11 Å². The van der Waals surface area contributed by atoms with Crippen molar-refractivity contribution in [1.29, 1.82) is 0 Å². The molecule has 0 aliphatic heterocycles. The Morgan fingerprint density at radius 1 is 1.11 bits per heavy atom. The molecule has 19 heavy (non-hydrogen) atoms. The maximum atomic E-state index is 10.5. The number of benzene rings is 2. The zero-order valence-corrected chi connectivity index (χ0v) is 13.1. The Morgan fingerprint density at radius 3 is 2.42 bits per heavy atom. The monoisotopic (exact) mass is 338 g/mol. The molecule has 0 fully saturated rings. The molecule has 3 heteroatoms. The minimum atomic E-state index is -0.807. The van der Waals surface area contributed by atoms with Crippen molar-refractivity contribution in [3.8, 4) is 0 Å². The van der Waals surface area contributed by atoms with Crippen LogP contribution in [0, 0.1) is 0 Å². The molecule has 0 bridgehead atoms. The first-order valence-electron chi connectivity index (χ1n) is 6.16. The Hall–Kier alpha value is -0.830. The van der Waals surface area contributed by atoms with Gasteiger partial charge in [-0.05, 0) is 30.2 Å². The highest BCUT2D eigenvalue weighted by molar-refractivity contribution is 9.10. The lowest BCUT2D eigenvalue weighted by molar-refractivity contribution is 0.0608. The molecular formula is C16H16BrClO. The largest absolute Gasteiger partial charge is 0.389 e. The van der Waals surface area contributed by atoms with Gasteiger partial charge in [0.15, 0.2) is 0 Å². The molecule has 1 atom stereocenters. The Kier molecular flexibility index (Phi) is 4.67. The smallest absolute Gasteiger partial charge is 0.0700 e. The topological polar surface area (TPSA) is 20.2 Å². The van der Waals surface area contributed by atoms with Gasteiger partial charge in [0, 0.05) is 22.3 Å². The van der Waals surface area contributed by atoms with Crippen LogP contribution in [0.25, 0.3) is 0 Å². The standard InChI is InChI=1S/C16H16BrClO/c1-16(19,10-12-5-3-2-4-6-12)11-13-7-8-14(17)9-15(13)18/h2-9,19H,10-11H2,1H3. The summed E-state index contributed by atoms with van der Waals surface area (Å²) in [7, 11) is 0. The SMILES string of the molecule is CC(O)(Cc1ccccc1)Cc1ccc(Br)cc1Cl. The van der Waals surface area contributed by atoms with Crippen molar-refractivity contribution in [3.05, 3.63) is 69.2 Å². The summed E-state index contributed by atoms with van der Waals surface area (Å²) >= 11 is 9.58. The third kappa shape index (κ3) is 4.34. The summed E-state index contributed by atoms with van der Waals surface area (Å²) in [5.74, 6) is 0. The van der Waals surface area contributed by atoms with Crippen LogP contribution in [0.4, 0.5) is 0 Å². The lowest BCUT2D eigenvalue weighted by atomic mass is 9.90. The van der Waals surface area contributed by atoms with Crippen LogP contribution in [0.5, 0.6) is 0 Å². The second-order valence-electron chi connectivity index (χ2n) is 5.07. The fourth-order valence-electron chi connectivity index (χ4n) is 2.17. The van der Waals surface area contributed by atoms with Gasteiger partial charge in [-0.25, -0.2) is 0 Å². The molecule has 1 unspecified atom stereocenters. The molecule has 2 rings (SSSR count). The van der Waals surface area contributed by atoms with E-state index < -0.39 is 5.60 Å². The van der Waals surface area contributed by atoms with Crippen molar-refractivity contribution in [2.24, 2.45) is 0 Å². The molecule has 1 nitrogen and oxygen atoms in total. The zero-order valence-electron chi connectivity index (χ0n) is 10.7. The van der Waals surface area contributed by atoms with Gasteiger partial charge >= 0.3 is 0 Å². The number of hydrogen-bond acceptors (Lipinski definition) is 1. The van der Waals surface area contributed by atoms with Gasteiger partial charge in [0.25, 0.3) is 0 Å². The molecule has 0 aliphatic carbocycles. The fourth-order valence-corrected chi connectivity index (χ4v) is 2.91. The van der Waals surface area contributed by atoms with Crippen LogP contribution < -0.4 is 0 Å². The number of halogens is 2. The quantitative estimate of drug-likeness (QED) is 0.860. The molecule has 0 radical (unpaired) electrons. The van der Waals surface area contributed by atoms with E-state index in [2.05, 4.69) is 15.9 Å². The van der Waals surface area contributed by atoms with E-state index in [1.54, 1.807) is 0 Å². The molecule has 0 saturated heterocycles. The lowest BCUT2D eigenvalue weighted by Gasteiger charge is -2.24. The first-order valence-corrected chi connectivity index (χ1v) is 7.34.